The van der Waals surface area contributed by atoms with Gasteiger partial charge in [-0.3, -0.25) is 9.59 Å². The number of aliphatic hydroxyl groups excluding tert-OH is 1. The Labute approximate surface area is 235 Å². The number of benzene rings is 3. The molecule has 0 aliphatic rings. The van der Waals surface area contributed by atoms with E-state index in [0.29, 0.717) is 23.3 Å². The van der Waals surface area contributed by atoms with Gasteiger partial charge < -0.3 is 26.2 Å². The predicted octanol–water partition coefficient (Wildman–Crippen LogP) is 3.97. The Morgan fingerprint density at radius 1 is 0.949 bits per heavy atom. The number of amides is 2. The lowest BCUT2D eigenvalue weighted by Gasteiger charge is -2.27. The molecule has 3 aromatic carbocycles. The lowest BCUT2D eigenvalue weighted by molar-refractivity contribution is -0.123. The minimum atomic E-state index is -0.945. The van der Waals surface area contributed by atoms with Gasteiger partial charge in [-0.2, -0.15) is 0 Å². The van der Waals surface area contributed by atoms with E-state index >= 15 is 0 Å². The number of hydrogen-bond donors (Lipinski definition) is 4. The zero-order valence-electron chi connectivity index (χ0n) is 23.0. The molecule has 0 saturated heterocycles. The molecule has 208 valence electrons. The molecule has 3 aromatic rings. The van der Waals surface area contributed by atoms with Crippen LogP contribution < -0.4 is 21.1 Å². The van der Waals surface area contributed by atoms with Gasteiger partial charge in [0.2, 0.25) is 5.91 Å². The summed E-state index contributed by atoms with van der Waals surface area (Å²) in [6.45, 7) is 5.76. The molecule has 7 nitrogen and oxygen atoms in total. The van der Waals surface area contributed by atoms with Crippen molar-refractivity contribution in [3.63, 3.8) is 0 Å². The van der Waals surface area contributed by atoms with Crippen LogP contribution in [0.2, 0.25) is 0 Å². The molecule has 8 heteroatoms. The largest absolute Gasteiger partial charge is 0.497 e. The second-order valence-electron chi connectivity index (χ2n) is 10.5. The first-order valence-corrected chi connectivity index (χ1v) is 14.0. The minimum absolute atomic E-state index is 0.196. The topological polar surface area (TPSA) is 114 Å². The Bertz CT molecular complexity index is 1210. The summed E-state index contributed by atoms with van der Waals surface area (Å²) in [5.41, 5.74) is 8.03. The maximum absolute atomic E-state index is 13.1. The SMILES string of the molecule is COc1ccc(SC[C@@H](N)C(=O)N[C@@H](Cc2ccccc2)[C@H](O)Cc2ccccc2C(=O)NC(C)(C)C)cc1. The summed E-state index contributed by atoms with van der Waals surface area (Å²) >= 11 is 1.48. The number of carbonyl (C=O) groups excluding carboxylic acids is 2. The quantitative estimate of drug-likeness (QED) is 0.254. The van der Waals surface area contributed by atoms with Crippen LogP contribution in [0, 0.1) is 0 Å². The molecule has 0 fully saturated rings. The van der Waals surface area contributed by atoms with Crippen molar-refractivity contribution in [1.82, 2.24) is 10.6 Å². The van der Waals surface area contributed by atoms with E-state index in [0.717, 1.165) is 16.2 Å². The number of nitrogens with two attached hydrogens (primary N) is 1. The highest BCUT2D eigenvalue weighted by Crippen LogP contribution is 2.22. The summed E-state index contributed by atoms with van der Waals surface area (Å²) < 4.78 is 5.19. The predicted molar refractivity (Wildman–Crippen MR) is 157 cm³/mol. The van der Waals surface area contributed by atoms with Crippen LogP contribution in [0.15, 0.2) is 83.8 Å². The monoisotopic (exact) mass is 549 g/mol. The summed E-state index contributed by atoms with van der Waals surface area (Å²) in [5.74, 6) is 0.597. The minimum Gasteiger partial charge on any atom is -0.497 e. The number of methoxy groups -OCH3 is 1. The molecule has 0 heterocycles. The van der Waals surface area contributed by atoms with Gasteiger partial charge in [0.05, 0.1) is 25.3 Å². The summed E-state index contributed by atoms with van der Waals surface area (Å²) in [7, 11) is 1.61. The van der Waals surface area contributed by atoms with E-state index in [1.807, 2.05) is 87.5 Å². The van der Waals surface area contributed by atoms with Crippen molar-refractivity contribution in [2.24, 2.45) is 5.73 Å². The van der Waals surface area contributed by atoms with Crippen LogP contribution >= 0.6 is 11.8 Å². The molecule has 0 saturated carbocycles. The summed E-state index contributed by atoms with van der Waals surface area (Å²) in [6, 6.07) is 23.1. The van der Waals surface area contributed by atoms with Crippen LogP contribution in [0.25, 0.3) is 0 Å². The molecule has 0 radical (unpaired) electrons. The number of nitrogens with one attached hydrogen (secondary N) is 2. The number of ether oxygens (including phenoxy) is 1. The van der Waals surface area contributed by atoms with Crippen LogP contribution in [0.5, 0.6) is 5.75 Å². The maximum Gasteiger partial charge on any atom is 0.251 e. The van der Waals surface area contributed by atoms with Gasteiger partial charge in [-0.05, 0) is 68.7 Å². The lowest BCUT2D eigenvalue weighted by Crippen LogP contribution is -2.52. The van der Waals surface area contributed by atoms with Crippen LogP contribution in [0.3, 0.4) is 0 Å². The van der Waals surface area contributed by atoms with Gasteiger partial charge in [0.25, 0.3) is 5.91 Å². The van der Waals surface area contributed by atoms with Gasteiger partial charge in [0, 0.05) is 28.2 Å². The molecule has 0 unspecified atom stereocenters. The standard InChI is InChI=1S/C31H39N3O4S/c1-31(2,3)34-29(36)25-13-9-8-12-22(25)19-28(35)27(18-21-10-6-5-7-11-21)33-30(37)26(32)20-39-24-16-14-23(38-4)15-17-24/h5-17,26-28,35H,18-20,32H2,1-4H3,(H,33,37)(H,34,36)/t26-,27+,28-/m1/s1. The van der Waals surface area contributed by atoms with Crippen molar-refractivity contribution >= 4 is 23.6 Å². The lowest BCUT2D eigenvalue weighted by atomic mass is 9.93. The average Bonchev–Trinajstić information content (AvgIpc) is 2.91. The first-order valence-electron chi connectivity index (χ1n) is 13.0. The third kappa shape index (κ3) is 9.73. The van der Waals surface area contributed by atoms with E-state index in [-0.39, 0.29) is 18.2 Å². The molecule has 0 aliphatic carbocycles. The number of rotatable bonds is 12. The van der Waals surface area contributed by atoms with E-state index in [1.165, 1.54) is 11.8 Å². The van der Waals surface area contributed by atoms with Gasteiger partial charge >= 0.3 is 0 Å². The van der Waals surface area contributed by atoms with Crippen LogP contribution in [0.4, 0.5) is 0 Å². The zero-order valence-corrected chi connectivity index (χ0v) is 23.8. The third-order valence-corrected chi connectivity index (χ3v) is 7.23. The van der Waals surface area contributed by atoms with Crippen LogP contribution in [-0.2, 0) is 17.6 Å². The van der Waals surface area contributed by atoms with Crippen LogP contribution in [-0.4, -0.2) is 53.5 Å². The van der Waals surface area contributed by atoms with Crippen molar-refractivity contribution in [2.75, 3.05) is 12.9 Å². The maximum atomic E-state index is 13.1. The van der Waals surface area contributed by atoms with Gasteiger partial charge in [-0.25, -0.2) is 0 Å². The molecular weight excluding hydrogens is 510 g/mol. The molecule has 0 aliphatic heterocycles. The van der Waals surface area contributed by atoms with Crippen molar-refractivity contribution < 1.29 is 19.4 Å². The second-order valence-corrected chi connectivity index (χ2v) is 11.6. The van der Waals surface area contributed by atoms with Gasteiger partial charge in [-0.1, -0.05) is 48.5 Å². The van der Waals surface area contributed by atoms with E-state index in [4.69, 9.17) is 10.5 Å². The Balaban J connectivity index is 1.72. The van der Waals surface area contributed by atoms with Crippen molar-refractivity contribution in [3.8, 4) is 5.75 Å². The van der Waals surface area contributed by atoms with Crippen molar-refractivity contribution in [2.45, 2.75) is 62.2 Å². The zero-order chi connectivity index (χ0) is 28.4. The summed E-state index contributed by atoms with van der Waals surface area (Å²) in [5, 5.41) is 17.3. The fraction of sp³-hybridized carbons (Fsp3) is 0.355. The fourth-order valence-corrected chi connectivity index (χ4v) is 4.92. The molecular formula is C31H39N3O4S. The first-order chi connectivity index (χ1) is 18.6. The average molecular weight is 550 g/mol. The molecule has 3 rings (SSSR count). The number of carbonyl (C=O) groups is 2. The van der Waals surface area contributed by atoms with E-state index in [9.17, 15) is 14.7 Å². The summed E-state index contributed by atoms with van der Waals surface area (Å²) in [6.07, 6.45) is -0.330. The number of aliphatic hydroxyl groups is 1. The van der Waals surface area contributed by atoms with Crippen LogP contribution in [0.1, 0.15) is 42.3 Å². The van der Waals surface area contributed by atoms with E-state index in [1.54, 1.807) is 19.2 Å². The van der Waals surface area contributed by atoms with Crippen molar-refractivity contribution in [1.29, 1.82) is 0 Å². The van der Waals surface area contributed by atoms with Gasteiger partial charge in [0.15, 0.2) is 0 Å². The highest BCUT2D eigenvalue weighted by atomic mass is 32.2. The molecule has 5 N–H and O–H groups in total. The number of hydrogen-bond acceptors (Lipinski definition) is 6. The van der Waals surface area contributed by atoms with E-state index < -0.39 is 23.7 Å². The molecule has 0 aromatic heterocycles. The van der Waals surface area contributed by atoms with E-state index in [2.05, 4.69) is 10.6 Å². The van der Waals surface area contributed by atoms with Gasteiger partial charge in [-0.15, -0.1) is 11.8 Å². The van der Waals surface area contributed by atoms with Crippen molar-refractivity contribution in [3.05, 3.63) is 95.6 Å². The highest BCUT2D eigenvalue weighted by molar-refractivity contribution is 7.99. The second kappa shape index (κ2) is 14.2. The fourth-order valence-electron chi connectivity index (χ4n) is 4.07. The Morgan fingerprint density at radius 3 is 2.23 bits per heavy atom. The Morgan fingerprint density at radius 2 is 1.59 bits per heavy atom. The smallest absolute Gasteiger partial charge is 0.251 e. The normalized spacial score (nSPS) is 13.7. The summed E-state index contributed by atoms with van der Waals surface area (Å²) in [4.78, 5) is 27.0. The molecule has 0 spiro atoms. The number of thioether (sulfide) groups is 1. The molecule has 3 atom stereocenters. The Kier molecular flexibility index (Phi) is 11.0. The highest BCUT2D eigenvalue weighted by Gasteiger charge is 2.27. The molecule has 2 amide bonds. The first kappa shape index (κ1) is 30.2. The molecule has 39 heavy (non-hydrogen) atoms. The Hall–Kier alpha value is -3.33. The van der Waals surface area contributed by atoms with Gasteiger partial charge in [0.1, 0.15) is 5.75 Å². The third-order valence-electron chi connectivity index (χ3n) is 6.10. The molecule has 0 bridgehead atoms.